The third kappa shape index (κ3) is 5.03. The second-order valence-electron chi connectivity index (χ2n) is 9.20. The Morgan fingerprint density at radius 3 is 2.58 bits per heavy atom. The Morgan fingerprint density at radius 2 is 1.84 bits per heavy atom. The van der Waals surface area contributed by atoms with Crippen LogP contribution in [0.5, 0.6) is 11.5 Å². The van der Waals surface area contributed by atoms with Gasteiger partial charge in [-0.1, -0.05) is 6.07 Å². The Hall–Kier alpha value is -4.06. The van der Waals surface area contributed by atoms with Gasteiger partial charge in [-0.15, -0.1) is 21.5 Å². The molecule has 0 unspecified atom stereocenters. The molecule has 38 heavy (non-hydrogen) atoms. The number of piperidine rings is 1. The molecule has 0 atom stereocenters. The molecule has 1 aliphatic heterocycles. The van der Waals surface area contributed by atoms with Gasteiger partial charge < -0.3 is 19.7 Å². The molecule has 4 heterocycles. The Bertz CT molecular complexity index is 1490. The Labute approximate surface area is 223 Å². The van der Waals surface area contributed by atoms with E-state index in [1.165, 1.54) is 11.3 Å². The third-order valence-electron chi connectivity index (χ3n) is 6.72. The first-order valence-corrected chi connectivity index (χ1v) is 13.2. The SMILES string of the molecule is COc1ccc(CNC(=O)c2csc(C3CCN(C(=O)c4nnc5cc(C)nn5c4C)CC3)n2)cc1OC. The standard InChI is InChI=1S/C26H29N7O4S/c1-15-11-22-29-30-23(16(2)33(22)31-15)26(35)32-9-7-18(8-10-32)25-28-19(14-38-25)24(34)27-13-17-5-6-20(36-3)21(12-17)37-4/h5-6,11-12,14,18H,7-10,13H2,1-4H3,(H,27,34). The molecule has 1 N–H and O–H groups in total. The molecule has 4 aromatic rings. The van der Waals surface area contributed by atoms with E-state index in [1.54, 1.807) is 29.0 Å². The van der Waals surface area contributed by atoms with Crippen LogP contribution in [-0.4, -0.2) is 68.8 Å². The number of likely N-dealkylation sites (tertiary alicyclic amines) is 1. The minimum absolute atomic E-state index is 0.141. The molecule has 0 saturated carbocycles. The van der Waals surface area contributed by atoms with Crippen molar-refractivity contribution in [1.82, 2.24) is 35.0 Å². The first-order chi connectivity index (χ1) is 18.4. The van der Waals surface area contributed by atoms with E-state index in [9.17, 15) is 9.59 Å². The number of carbonyl (C=O) groups excluding carboxylic acids is 2. The lowest BCUT2D eigenvalue weighted by molar-refractivity contribution is 0.0704. The molecule has 0 bridgehead atoms. The van der Waals surface area contributed by atoms with Crippen LogP contribution < -0.4 is 14.8 Å². The van der Waals surface area contributed by atoms with E-state index in [0.29, 0.717) is 53.9 Å². The highest BCUT2D eigenvalue weighted by Gasteiger charge is 2.29. The number of thiazole rings is 1. The molecule has 198 valence electrons. The van der Waals surface area contributed by atoms with E-state index >= 15 is 0 Å². The number of ether oxygens (including phenoxy) is 2. The predicted molar refractivity (Wildman–Crippen MR) is 141 cm³/mol. The minimum atomic E-state index is -0.229. The van der Waals surface area contributed by atoms with Crippen molar-refractivity contribution < 1.29 is 19.1 Å². The summed E-state index contributed by atoms with van der Waals surface area (Å²) in [7, 11) is 3.16. The van der Waals surface area contributed by atoms with Crippen LogP contribution in [-0.2, 0) is 6.54 Å². The van der Waals surface area contributed by atoms with E-state index in [4.69, 9.17) is 9.47 Å². The van der Waals surface area contributed by atoms with Crippen LogP contribution in [0.15, 0.2) is 29.6 Å². The smallest absolute Gasteiger partial charge is 0.276 e. The van der Waals surface area contributed by atoms with Gasteiger partial charge in [0.2, 0.25) is 0 Å². The number of hydrogen-bond acceptors (Lipinski definition) is 9. The van der Waals surface area contributed by atoms with Gasteiger partial charge in [-0.05, 0) is 44.4 Å². The average Bonchev–Trinajstić information content (AvgIpc) is 3.59. The average molecular weight is 536 g/mol. The molecule has 5 rings (SSSR count). The van der Waals surface area contributed by atoms with E-state index in [0.717, 1.165) is 29.1 Å². The van der Waals surface area contributed by atoms with Crippen molar-refractivity contribution in [3.8, 4) is 11.5 Å². The summed E-state index contributed by atoms with van der Waals surface area (Å²) in [6.07, 6.45) is 1.53. The molecule has 11 nitrogen and oxygen atoms in total. The number of nitrogens with zero attached hydrogens (tertiary/aromatic N) is 6. The number of hydrogen-bond donors (Lipinski definition) is 1. The lowest BCUT2D eigenvalue weighted by Crippen LogP contribution is -2.39. The van der Waals surface area contributed by atoms with Crippen molar-refractivity contribution in [2.75, 3.05) is 27.3 Å². The summed E-state index contributed by atoms with van der Waals surface area (Å²) in [6.45, 7) is 5.23. The second kappa shape index (κ2) is 10.7. The van der Waals surface area contributed by atoms with Crippen LogP contribution in [0, 0.1) is 13.8 Å². The predicted octanol–water partition coefficient (Wildman–Crippen LogP) is 3.16. The molecular weight excluding hydrogens is 506 g/mol. The van der Waals surface area contributed by atoms with Gasteiger partial charge in [0.15, 0.2) is 22.8 Å². The quantitative estimate of drug-likeness (QED) is 0.383. The van der Waals surface area contributed by atoms with Gasteiger partial charge in [-0.2, -0.15) is 5.10 Å². The van der Waals surface area contributed by atoms with Gasteiger partial charge >= 0.3 is 0 Å². The van der Waals surface area contributed by atoms with Gasteiger partial charge in [0.25, 0.3) is 11.8 Å². The van der Waals surface area contributed by atoms with Crippen molar-refractivity contribution in [2.45, 2.75) is 39.2 Å². The highest BCUT2D eigenvalue weighted by atomic mass is 32.1. The number of methoxy groups -OCH3 is 2. The van der Waals surface area contributed by atoms with Gasteiger partial charge in [0, 0.05) is 37.0 Å². The summed E-state index contributed by atoms with van der Waals surface area (Å²) in [5, 5.41) is 18.4. The number of benzene rings is 1. The van der Waals surface area contributed by atoms with Crippen LogP contribution in [0.4, 0.5) is 0 Å². The summed E-state index contributed by atoms with van der Waals surface area (Å²) < 4.78 is 12.2. The molecule has 0 radical (unpaired) electrons. The van der Waals surface area contributed by atoms with Gasteiger partial charge in [0.1, 0.15) is 5.69 Å². The maximum Gasteiger partial charge on any atom is 0.276 e. The molecular formula is C26H29N7O4S. The monoisotopic (exact) mass is 535 g/mol. The molecule has 1 aromatic carbocycles. The van der Waals surface area contributed by atoms with Gasteiger partial charge in [0.05, 0.1) is 30.6 Å². The highest BCUT2D eigenvalue weighted by molar-refractivity contribution is 7.09. The van der Waals surface area contributed by atoms with Gasteiger partial charge in [-0.3, -0.25) is 9.59 Å². The number of amides is 2. The zero-order valence-corrected chi connectivity index (χ0v) is 22.5. The fourth-order valence-electron chi connectivity index (χ4n) is 4.60. The van der Waals surface area contributed by atoms with Crippen LogP contribution >= 0.6 is 11.3 Å². The fraction of sp³-hybridized carbons (Fsp3) is 0.385. The Balaban J connectivity index is 1.17. The number of aromatic nitrogens is 5. The highest BCUT2D eigenvalue weighted by Crippen LogP contribution is 2.31. The zero-order valence-electron chi connectivity index (χ0n) is 21.7. The largest absolute Gasteiger partial charge is 0.493 e. The summed E-state index contributed by atoms with van der Waals surface area (Å²) in [5.74, 6) is 1.07. The third-order valence-corrected chi connectivity index (χ3v) is 7.72. The number of aryl methyl sites for hydroxylation is 2. The molecule has 1 aliphatic rings. The van der Waals surface area contributed by atoms with Crippen molar-refractivity contribution in [3.05, 3.63) is 63.0 Å². The van der Waals surface area contributed by atoms with Crippen LogP contribution in [0.1, 0.15) is 61.7 Å². The van der Waals surface area contributed by atoms with Crippen molar-refractivity contribution >= 4 is 28.8 Å². The summed E-state index contributed by atoms with van der Waals surface area (Å²) >= 11 is 1.48. The summed E-state index contributed by atoms with van der Waals surface area (Å²) in [4.78, 5) is 32.3. The molecule has 0 aliphatic carbocycles. The normalized spacial score (nSPS) is 14.1. The first-order valence-electron chi connectivity index (χ1n) is 12.3. The van der Waals surface area contributed by atoms with Gasteiger partial charge in [-0.25, -0.2) is 9.50 Å². The molecule has 3 aromatic heterocycles. The molecule has 1 saturated heterocycles. The van der Waals surface area contributed by atoms with Crippen LogP contribution in [0.25, 0.3) is 5.65 Å². The number of carbonyl (C=O) groups is 2. The Morgan fingerprint density at radius 1 is 1.08 bits per heavy atom. The molecule has 2 amide bonds. The van der Waals surface area contributed by atoms with E-state index in [2.05, 4.69) is 25.6 Å². The fourth-order valence-corrected chi connectivity index (χ4v) is 5.57. The second-order valence-corrected chi connectivity index (χ2v) is 10.1. The van der Waals surface area contributed by atoms with Crippen molar-refractivity contribution in [1.29, 1.82) is 0 Å². The molecule has 12 heteroatoms. The maximum absolute atomic E-state index is 13.2. The number of rotatable bonds is 7. The van der Waals surface area contributed by atoms with Crippen molar-refractivity contribution in [2.24, 2.45) is 0 Å². The maximum atomic E-state index is 13.2. The zero-order chi connectivity index (χ0) is 26.8. The van der Waals surface area contributed by atoms with E-state index in [1.807, 2.05) is 38.1 Å². The van der Waals surface area contributed by atoms with E-state index < -0.39 is 0 Å². The van der Waals surface area contributed by atoms with Crippen LogP contribution in [0.3, 0.4) is 0 Å². The number of nitrogens with one attached hydrogen (secondary N) is 1. The summed E-state index contributed by atoms with van der Waals surface area (Å²) in [6, 6.07) is 7.35. The number of fused-ring (bicyclic) bond motifs is 1. The van der Waals surface area contributed by atoms with E-state index in [-0.39, 0.29) is 17.7 Å². The first kappa shape index (κ1) is 25.6. The molecule has 1 fully saturated rings. The Kier molecular flexibility index (Phi) is 7.23. The van der Waals surface area contributed by atoms with Crippen LogP contribution in [0.2, 0.25) is 0 Å². The topological polar surface area (TPSA) is 124 Å². The lowest BCUT2D eigenvalue weighted by atomic mass is 9.97. The lowest BCUT2D eigenvalue weighted by Gasteiger charge is -2.31. The van der Waals surface area contributed by atoms with Crippen molar-refractivity contribution in [3.63, 3.8) is 0 Å². The summed E-state index contributed by atoms with van der Waals surface area (Å²) in [5.41, 5.74) is 3.75. The minimum Gasteiger partial charge on any atom is -0.493 e. The molecule has 0 spiro atoms.